The minimum Gasteiger partial charge on any atom is -0.395 e. The molecule has 21 heavy (non-hydrogen) atoms. The molecule has 0 aliphatic rings. The van der Waals surface area contributed by atoms with E-state index in [1.807, 2.05) is 4.90 Å². The number of halogens is 2. The van der Waals surface area contributed by atoms with E-state index in [0.29, 0.717) is 19.1 Å². The van der Waals surface area contributed by atoms with Crippen molar-refractivity contribution in [2.75, 3.05) is 19.7 Å². The van der Waals surface area contributed by atoms with E-state index in [1.54, 1.807) is 0 Å². The van der Waals surface area contributed by atoms with Crippen molar-refractivity contribution in [3.63, 3.8) is 0 Å². The predicted octanol–water partition coefficient (Wildman–Crippen LogP) is 3.02. The number of rotatable bonds is 9. The molecule has 0 spiro atoms. The molecule has 0 fully saturated rings. The highest BCUT2D eigenvalue weighted by molar-refractivity contribution is 5.96. The second-order valence-corrected chi connectivity index (χ2v) is 5.06. The van der Waals surface area contributed by atoms with Crippen molar-refractivity contribution in [2.45, 2.75) is 39.2 Å². The maximum Gasteiger partial charge on any atom is 0.164 e. The third-order valence-electron chi connectivity index (χ3n) is 3.66. The highest BCUT2D eigenvalue weighted by Gasteiger charge is 2.17. The minimum absolute atomic E-state index is 0.0271. The Morgan fingerprint density at radius 1 is 1.14 bits per heavy atom. The Balaban J connectivity index is 2.68. The number of hydrogen-bond donors (Lipinski definition) is 1. The lowest BCUT2D eigenvalue weighted by atomic mass is 10.1. The van der Waals surface area contributed by atoms with Crippen LogP contribution in [0.5, 0.6) is 0 Å². The summed E-state index contributed by atoms with van der Waals surface area (Å²) in [5.74, 6) is -1.78. The van der Waals surface area contributed by atoms with Crippen LogP contribution in [-0.4, -0.2) is 41.5 Å². The number of hydrogen-bond acceptors (Lipinski definition) is 3. The van der Waals surface area contributed by atoms with Gasteiger partial charge in [0.2, 0.25) is 0 Å². The quantitative estimate of drug-likeness (QED) is 0.713. The Kier molecular flexibility index (Phi) is 7.47. The Morgan fingerprint density at radius 2 is 1.71 bits per heavy atom. The van der Waals surface area contributed by atoms with E-state index in [9.17, 15) is 13.6 Å². The van der Waals surface area contributed by atoms with Gasteiger partial charge >= 0.3 is 0 Å². The first-order valence-corrected chi connectivity index (χ1v) is 7.36. The fourth-order valence-corrected chi connectivity index (χ4v) is 2.51. The topological polar surface area (TPSA) is 40.5 Å². The zero-order chi connectivity index (χ0) is 15.8. The normalized spacial score (nSPS) is 11.4. The minimum atomic E-state index is -0.745. The largest absolute Gasteiger partial charge is 0.395 e. The summed E-state index contributed by atoms with van der Waals surface area (Å²) in [7, 11) is 0. The molecule has 0 bridgehead atoms. The SMILES string of the molecule is CCC(CC)N(CCO)CCC(=O)c1cc(F)cc(F)c1. The number of carbonyl (C=O) groups excluding carboxylic acids is 1. The van der Waals surface area contributed by atoms with E-state index in [1.165, 1.54) is 0 Å². The Hall–Kier alpha value is -1.33. The second-order valence-electron chi connectivity index (χ2n) is 5.06. The molecule has 0 aromatic heterocycles. The van der Waals surface area contributed by atoms with Crippen molar-refractivity contribution >= 4 is 5.78 Å². The second kappa shape index (κ2) is 8.85. The van der Waals surface area contributed by atoms with Gasteiger partial charge in [-0.1, -0.05) is 13.8 Å². The van der Waals surface area contributed by atoms with Gasteiger partial charge in [0, 0.05) is 37.2 Å². The lowest BCUT2D eigenvalue weighted by Crippen LogP contribution is -2.38. The van der Waals surface area contributed by atoms with Gasteiger partial charge in [0.1, 0.15) is 11.6 Å². The van der Waals surface area contributed by atoms with Gasteiger partial charge in [-0.3, -0.25) is 9.69 Å². The summed E-state index contributed by atoms with van der Waals surface area (Å²) >= 11 is 0. The van der Waals surface area contributed by atoms with E-state index in [4.69, 9.17) is 5.11 Å². The van der Waals surface area contributed by atoms with Gasteiger partial charge in [0.25, 0.3) is 0 Å². The van der Waals surface area contributed by atoms with Gasteiger partial charge in [-0.15, -0.1) is 0 Å². The third-order valence-corrected chi connectivity index (χ3v) is 3.66. The van der Waals surface area contributed by atoms with Crippen LogP contribution in [0.3, 0.4) is 0 Å². The first-order valence-electron chi connectivity index (χ1n) is 7.36. The van der Waals surface area contributed by atoms with Crippen molar-refractivity contribution in [3.8, 4) is 0 Å². The number of ketones is 1. The number of benzene rings is 1. The highest BCUT2D eigenvalue weighted by atomic mass is 19.1. The molecule has 3 nitrogen and oxygen atoms in total. The van der Waals surface area contributed by atoms with Crippen LogP contribution in [0.4, 0.5) is 8.78 Å². The molecule has 0 heterocycles. The van der Waals surface area contributed by atoms with Gasteiger partial charge < -0.3 is 5.11 Å². The zero-order valence-electron chi connectivity index (χ0n) is 12.6. The van der Waals surface area contributed by atoms with E-state index in [0.717, 1.165) is 31.0 Å². The van der Waals surface area contributed by atoms with Crippen LogP contribution in [0.15, 0.2) is 18.2 Å². The van der Waals surface area contributed by atoms with E-state index in [2.05, 4.69) is 13.8 Å². The lowest BCUT2D eigenvalue weighted by molar-refractivity contribution is 0.0926. The predicted molar refractivity (Wildman–Crippen MR) is 78.3 cm³/mol. The molecule has 1 rings (SSSR count). The molecular weight excluding hydrogens is 276 g/mol. The van der Waals surface area contributed by atoms with Gasteiger partial charge in [0.15, 0.2) is 5.78 Å². The zero-order valence-corrected chi connectivity index (χ0v) is 12.6. The van der Waals surface area contributed by atoms with Crippen LogP contribution in [0.1, 0.15) is 43.5 Å². The number of nitrogens with zero attached hydrogens (tertiary/aromatic N) is 1. The van der Waals surface area contributed by atoms with E-state index >= 15 is 0 Å². The summed E-state index contributed by atoms with van der Waals surface area (Å²) in [4.78, 5) is 14.1. The molecular formula is C16H23F2NO2. The van der Waals surface area contributed by atoms with Crippen molar-refractivity contribution in [1.82, 2.24) is 4.90 Å². The first kappa shape index (κ1) is 17.7. The van der Waals surface area contributed by atoms with Crippen LogP contribution in [0.2, 0.25) is 0 Å². The van der Waals surface area contributed by atoms with E-state index in [-0.39, 0.29) is 24.4 Å². The van der Waals surface area contributed by atoms with Crippen molar-refractivity contribution in [2.24, 2.45) is 0 Å². The maximum absolute atomic E-state index is 13.1. The fourth-order valence-electron chi connectivity index (χ4n) is 2.51. The van der Waals surface area contributed by atoms with Crippen LogP contribution >= 0.6 is 0 Å². The van der Waals surface area contributed by atoms with Gasteiger partial charge in [-0.25, -0.2) is 8.78 Å². The summed E-state index contributed by atoms with van der Waals surface area (Å²) in [5, 5.41) is 9.11. The molecule has 1 N–H and O–H groups in total. The smallest absolute Gasteiger partial charge is 0.164 e. The summed E-state index contributed by atoms with van der Waals surface area (Å²) in [6.45, 7) is 5.12. The molecule has 0 radical (unpaired) electrons. The standard InChI is InChI=1S/C16H23F2NO2/c1-3-15(4-2)19(7-8-20)6-5-16(21)12-9-13(17)11-14(18)10-12/h9-11,15,20H,3-8H2,1-2H3. The van der Waals surface area contributed by atoms with Crippen LogP contribution in [-0.2, 0) is 0 Å². The number of carbonyl (C=O) groups is 1. The molecule has 1 aromatic rings. The molecule has 0 saturated carbocycles. The van der Waals surface area contributed by atoms with Crippen molar-refractivity contribution < 1.29 is 18.7 Å². The van der Waals surface area contributed by atoms with Gasteiger partial charge in [0.05, 0.1) is 6.61 Å². The summed E-state index contributed by atoms with van der Waals surface area (Å²) < 4.78 is 26.2. The summed E-state index contributed by atoms with van der Waals surface area (Å²) in [6.07, 6.45) is 2.04. The van der Waals surface area contributed by atoms with Crippen molar-refractivity contribution in [1.29, 1.82) is 0 Å². The Bertz CT molecular complexity index is 441. The number of aliphatic hydroxyl groups excluding tert-OH is 1. The Labute approximate surface area is 124 Å². The molecule has 0 aliphatic heterocycles. The lowest BCUT2D eigenvalue weighted by Gasteiger charge is -2.29. The third kappa shape index (κ3) is 5.52. The molecule has 5 heteroatoms. The Morgan fingerprint density at radius 3 is 2.19 bits per heavy atom. The summed E-state index contributed by atoms with van der Waals surface area (Å²) in [5.41, 5.74) is 0.0565. The van der Waals surface area contributed by atoms with Gasteiger partial charge in [-0.2, -0.15) is 0 Å². The molecule has 0 unspecified atom stereocenters. The molecule has 1 aromatic carbocycles. The number of Topliss-reactive ketones (excluding diaryl/α,β-unsaturated/α-hetero) is 1. The van der Waals surface area contributed by atoms with Crippen LogP contribution in [0, 0.1) is 11.6 Å². The van der Waals surface area contributed by atoms with Crippen molar-refractivity contribution in [3.05, 3.63) is 35.4 Å². The van der Waals surface area contributed by atoms with Gasteiger partial charge in [-0.05, 0) is 25.0 Å². The first-order chi connectivity index (χ1) is 10.0. The highest BCUT2D eigenvalue weighted by Crippen LogP contribution is 2.13. The van der Waals surface area contributed by atoms with Crippen LogP contribution in [0.25, 0.3) is 0 Å². The molecule has 118 valence electrons. The molecule has 0 saturated heterocycles. The van der Waals surface area contributed by atoms with Crippen LogP contribution < -0.4 is 0 Å². The molecule has 0 aliphatic carbocycles. The molecule has 0 amide bonds. The monoisotopic (exact) mass is 299 g/mol. The average molecular weight is 299 g/mol. The maximum atomic E-state index is 13.1. The fraction of sp³-hybridized carbons (Fsp3) is 0.562. The van der Waals surface area contributed by atoms with E-state index < -0.39 is 11.6 Å². The summed E-state index contributed by atoms with van der Waals surface area (Å²) in [6, 6.07) is 3.16. The molecule has 0 atom stereocenters. The average Bonchev–Trinajstić information content (AvgIpc) is 2.44. The number of aliphatic hydroxyl groups is 1.